The summed E-state index contributed by atoms with van der Waals surface area (Å²) in [6.45, 7) is 2.33. The fourth-order valence-electron chi connectivity index (χ4n) is 2.23. The molecule has 0 radical (unpaired) electrons. The van der Waals surface area contributed by atoms with Crippen LogP contribution in [0.1, 0.15) is 18.4 Å². The molecule has 2 N–H and O–H groups in total. The van der Waals surface area contributed by atoms with Gasteiger partial charge in [0.1, 0.15) is 0 Å². The van der Waals surface area contributed by atoms with Gasteiger partial charge in [0, 0.05) is 30.6 Å². The zero-order valence-corrected chi connectivity index (χ0v) is 13.7. The first-order chi connectivity index (χ1) is 9.66. The predicted octanol–water partition coefficient (Wildman–Crippen LogP) is 2.15. The Morgan fingerprint density at radius 3 is 2.57 bits per heavy atom. The molecule has 1 aliphatic rings. The molecule has 0 saturated heterocycles. The van der Waals surface area contributed by atoms with Gasteiger partial charge >= 0.3 is 0 Å². The maximum absolute atomic E-state index is 11.7. The lowest BCUT2D eigenvalue weighted by atomic mass is 9.96. The van der Waals surface area contributed by atoms with Crippen LogP contribution in [0.15, 0.2) is 24.3 Å². The molecule has 21 heavy (non-hydrogen) atoms. The minimum atomic E-state index is 0. The van der Waals surface area contributed by atoms with Gasteiger partial charge in [-0.05, 0) is 30.5 Å². The van der Waals surface area contributed by atoms with E-state index in [0.717, 1.165) is 17.9 Å². The van der Waals surface area contributed by atoms with Crippen LogP contribution >= 0.6 is 24.0 Å². The number of hydrogen-bond donors (Lipinski definition) is 2. The molecule has 1 aliphatic carbocycles. The lowest BCUT2D eigenvalue weighted by Gasteiger charge is -2.17. The van der Waals surface area contributed by atoms with Crippen molar-refractivity contribution < 1.29 is 9.53 Å². The monoisotopic (exact) mass is 332 g/mol. The van der Waals surface area contributed by atoms with Gasteiger partial charge in [-0.25, -0.2) is 0 Å². The third kappa shape index (κ3) is 5.47. The van der Waals surface area contributed by atoms with E-state index in [9.17, 15) is 4.79 Å². The number of carbonyl (C=O) groups excluding carboxylic acids is 1. The molecule has 1 fully saturated rings. The summed E-state index contributed by atoms with van der Waals surface area (Å²) in [5.74, 6) is 0.0290. The number of amides is 1. The second-order valence-electron chi connectivity index (χ2n) is 5.23. The van der Waals surface area contributed by atoms with Gasteiger partial charge in [-0.3, -0.25) is 4.79 Å². The topological polar surface area (TPSA) is 50.4 Å². The van der Waals surface area contributed by atoms with Crippen LogP contribution in [0.5, 0.6) is 0 Å². The lowest BCUT2D eigenvalue weighted by Crippen LogP contribution is -2.39. The smallest absolute Gasteiger partial charge is 0.233 e. The highest BCUT2D eigenvalue weighted by Crippen LogP contribution is 2.47. The van der Waals surface area contributed by atoms with E-state index in [1.165, 1.54) is 5.56 Å². The molecule has 0 unspecified atom stereocenters. The number of carbonyl (C=O) groups is 1. The number of halogens is 2. The van der Waals surface area contributed by atoms with E-state index in [1.807, 2.05) is 12.1 Å². The molecule has 0 heterocycles. The molecular formula is C15H22Cl2N2O2. The molecule has 1 amide bonds. The fraction of sp³-hybridized carbons (Fsp3) is 0.533. The molecule has 1 aromatic rings. The van der Waals surface area contributed by atoms with Crippen LogP contribution in [0, 0.1) is 0 Å². The molecule has 0 aromatic heterocycles. The molecular weight excluding hydrogens is 311 g/mol. The summed E-state index contributed by atoms with van der Waals surface area (Å²) in [5.41, 5.74) is 1.38. The van der Waals surface area contributed by atoms with Gasteiger partial charge in [-0.1, -0.05) is 23.7 Å². The predicted molar refractivity (Wildman–Crippen MR) is 87.4 cm³/mol. The highest BCUT2D eigenvalue weighted by atomic mass is 35.5. The average Bonchev–Trinajstić information content (AvgIpc) is 3.23. The Kier molecular flexibility index (Phi) is 7.46. The molecule has 0 aliphatic heterocycles. The molecule has 0 atom stereocenters. The molecule has 0 bridgehead atoms. The van der Waals surface area contributed by atoms with Gasteiger partial charge in [-0.2, -0.15) is 0 Å². The summed E-state index contributed by atoms with van der Waals surface area (Å²) in [6, 6.07) is 7.92. The summed E-state index contributed by atoms with van der Waals surface area (Å²) >= 11 is 5.90. The first-order valence-corrected chi connectivity index (χ1v) is 7.26. The maximum Gasteiger partial charge on any atom is 0.233 e. The maximum atomic E-state index is 11.7. The number of hydrogen-bond acceptors (Lipinski definition) is 3. The molecule has 0 spiro atoms. The molecule has 118 valence electrons. The quantitative estimate of drug-likeness (QED) is 0.717. The van der Waals surface area contributed by atoms with Gasteiger partial charge in [-0.15, -0.1) is 12.4 Å². The number of benzene rings is 1. The van der Waals surface area contributed by atoms with E-state index in [0.29, 0.717) is 26.2 Å². The summed E-state index contributed by atoms with van der Waals surface area (Å²) in [4.78, 5) is 11.7. The van der Waals surface area contributed by atoms with Crippen molar-refractivity contribution in [3.63, 3.8) is 0 Å². The molecule has 4 nitrogen and oxygen atoms in total. The van der Waals surface area contributed by atoms with Crippen molar-refractivity contribution in [1.82, 2.24) is 10.6 Å². The van der Waals surface area contributed by atoms with Crippen LogP contribution in [0.3, 0.4) is 0 Å². The normalized spacial score (nSPS) is 15.1. The largest absolute Gasteiger partial charge is 0.383 e. The summed E-state index contributed by atoms with van der Waals surface area (Å²) in [6.07, 6.45) is 2.23. The van der Waals surface area contributed by atoms with Crippen molar-refractivity contribution in [2.24, 2.45) is 0 Å². The third-order valence-corrected chi connectivity index (χ3v) is 3.95. The minimum Gasteiger partial charge on any atom is -0.383 e. The third-order valence-electron chi connectivity index (χ3n) is 3.70. The van der Waals surface area contributed by atoms with Crippen LogP contribution in [0.25, 0.3) is 0 Å². The van der Waals surface area contributed by atoms with E-state index in [2.05, 4.69) is 22.8 Å². The van der Waals surface area contributed by atoms with Crippen molar-refractivity contribution in [3.05, 3.63) is 34.9 Å². The van der Waals surface area contributed by atoms with Crippen molar-refractivity contribution in [1.29, 1.82) is 0 Å². The van der Waals surface area contributed by atoms with Crippen molar-refractivity contribution >= 4 is 29.9 Å². The highest BCUT2D eigenvalue weighted by molar-refractivity contribution is 6.30. The van der Waals surface area contributed by atoms with Crippen LogP contribution in [-0.4, -0.2) is 39.3 Å². The van der Waals surface area contributed by atoms with E-state index < -0.39 is 0 Å². The molecule has 1 saturated carbocycles. The fourth-order valence-corrected chi connectivity index (χ4v) is 2.35. The number of methoxy groups -OCH3 is 1. The standard InChI is InChI=1S/C15H21ClN2O2.ClH/c1-20-9-8-17-10-14(19)18-11-15(6-7-15)12-2-4-13(16)5-3-12;/h2-5,17H,6-11H2,1H3,(H,18,19);1H. The van der Waals surface area contributed by atoms with Crippen LogP contribution < -0.4 is 10.6 Å². The second kappa shape index (κ2) is 8.59. The van der Waals surface area contributed by atoms with E-state index >= 15 is 0 Å². The molecule has 2 rings (SSSR count). The van der Waals surface area contributed by atoms with E-state index in [-0.39, 0.29) is 23.7 Å². The number of ether oxygens (including phenoxy) is 1. The number of nitrogens with one attached hydrogen (secondary N) is 2. The van der Waals surface area contributed by atoms with Gasteiger partial charge in [0.2, 0.25) is 5.91 Å². The Hall–Kier alpha value is -0.810. The van der Waals surface area contributed by atoms with E-state index in [4.69, 9.17) is 16.3 Å². The van der Waals surface area contributed by atoms with Gasteiger partial charge in [0.15, 0.2) is 0 Å². The highest BCUT2D eigenvalue weighted by Gasteiger charge is 2.44. The Balaban J connectivity index is 0.00000220. The first kappa shape index (κ1) is 18.2. The van der Waals surface area contributed by atoms with E-state index in [1.54, 1.807) is 7.11 Å². The zero-order chi connectivity index (χ0) is 14.4. The Labute approximate surface area is 137 Å². The van der Waals surface area contributed by atoms with Gasteiger partial charge in [0.05, 0.1) is 13.2 Å². The Bertz CT molecular complexity index is 447. The van der Waals surface area contributed by atoms with Crippen molar-refractivity contribution in [2.45, 2.75) is 18.3 Å². The number of rotatable bonds is 8. The van der Waals surface area contributed by atoms with Crippen LogP contribution in [0.2, 0.25) is 5.02 Å². The van der Waals surface area contributed by atoms with Crippen molar-refractivity contribution in [3.8, 4) is 0 Å². The molecule has 1 aromatic carbocycles. The lowest BCUT2D eigenvalue weighted by molar-refractivity contribution is -0.120. The van der Waals surface area contributed by atoms with Crippen molar-refractivity contribution in [2.75, 3.05) is 33.4 Å². The van der Waals surface area contributed by atoms with Gasteiger partial charge in [0.25, 0.3) is 0 Å². The Morgan fingerprint density at radius 1 is 1.33 bits per heavy atom. The SMILES string of the molecule is COCCNCC(=O)NCC1(c2ccc(Cl)cc2)CC1.Cl. The van der Waals surface area contributed by atoms with Crippen LogP contribution in [0.4, 0.5) is 0 Å². The zero-order valence-electron chi connectivity index (χ0n) is 12.2. The molecule has 6 heteroatoms. The Morgan fingerprint density at radius 2 is 2.00 bits per heavy atom. The summed E-state index contributed by atoms with van der Waals surface area (Å²) in [7, 11) is 1.64. The first-order valence-electron chi connectivity index (χ1n) is 6.89. The minimum absolute atomic E-state index is 0. The summed E-state index contributed by atoms with van der Waals surface area (Å²) < 4.78 is 4.91. The van der Waals surface area contributed by atoms with Crippen LogP contribution in [-0.2, 0) is 14.9 Å². The average molecular weight is 333 g/mol. The summed E-state index contributed by atoms with van der Waals surface area (Å²) in [5, 5.41) is 6.78. The second-order valence-corrected chi connectivity index (χ2v) is 5.67. The van der Waals surface area contributed by atoms with Gasteiger partial charge < -0.3 is 15.4 Å².